The molecule has 154 valence electrons. The van der Waals surface area contributed by atoms with Crippen molar-refractivity contribution in [1.29, 1.82) is 0 Å². The van der Waals surface area contributed by atoms with Crippen LogP contribution in [0.5, 0.6) is 0 Å². The third kappa shape index (κ3) is 6.14. The van der Waals surface area contributed by atoms with E-state index in [1.165, 1.54) is 9.80 Å². The van der Waals surface area contributed by atoms with Crippen LogP contribution in [0.1, 0.15) is 33.3 Å². The highest BCUT2D eigenvalue weighted by molar-refractivity contribution is 5.83. The quantitative estimate of drug-likeness (QED) is 0.579. The minimum atomic E-state index is -0.940. The van der Waals surface area contributed by atoms with Crippen molar-refractivity contribution in [2.75, 3.05) is 26.2 Å². The van der Waals surface area contributed by atoms with Gasteiger partial charge >= 0.3 is 18.2 Å². The lowest BCUT2D eigenvalue weighted by molar-refractivity contribution is -0.151. The smallest absolute Gasteiger partial charge is 0.410 e. The summed E-state index contributed by atoms with van der Waals surface area (Å²) in [5.41, 5.74) is 0.193. The zero-order valence-electron chi connectivity index (χ0n) is 16.8. The highest BCUT2D eigenvalue weighted by atomic mass is 16.6. The number of piperazine rings is 1. The number of hydrogen-bond acceptors (Lipinski definition) is 6. The summed E-state index contributed by atoms with van der Waals surface area (Å²) in [4.78, 5) is 40.0. The maximum absolute atomic E-state index is 12.6. The van der Waals surface area contributed by atoms with Crippen LogP contribution in [-0.4, -0.2) is 65.8 Å². The van der Waals surface area contributed by atoms with Crippen LogP contribution in [0.4, 0.5) is 9.59 Å². The van der Waals surface area contributed by atoms with Crippen molar-refractivity contribution in [2.24, 2.45) is 0 Å². The van der Waals surface area contributed by atoms with E-state index in [1.54, 1.807) is 27.7 Å². The molecule has 2 rings (SSSR count). The van der Waals surface area contributed by atoms with E-state index in [0.29, 0.717) is 0 Å². The van der Waals surface area contributed by atoms with Crippen LogP contribution in [0.15, 0.2) is 30.3 Å². The summed E-state index contributed by atoms with van der Waals surface area (Å²) in [5.74, 6) is -0.576. The van der Waals surface area contributed by atoms with E-state index < -0.39 is 29.8 Å². The molecule has 0 bridgehead atoms. The molecule has 1 atom stereocenters. The van der Waals surface area contributed by atoms with Gasteiger partial charge in [-0.2, -0.15) is 0 Å². The van der Waals surface area contributed by atoms with Crippen LogP contribution in [0.25, 0.3) is 0 Å². The fourth-order valence-electron chi connectivity index (χ4n) is 2.74. The first-order valence-corrected chi connectivity index (χ1v) is 9.33. The van der Waals surface area contributed by atoms with E-state index in [4.69, 9.17) is 14.2 Å². The summed E-state index contributed by atoms with van der Waals surface area (Å²) >= 11 is 0. The van der Waals surface area contributed by atoms with Gasteiger partial charge in [-0.25, -0.2) is 14.4 Å². The first-order chi connectivity index (χ1) is 13.2. The number of amides is 2. The minimum Gasteiger partial charge on any atom is -0.464 e. The fourth-order valence-corrected chi connectivity index (χ4v) is 2.74. The summed E-state index contributed by atoms with van der Waals surface area (Å²) in [5, 5.41) is 0. The van der Waals surface area contributed by atoms with Gasteiger partial charge in [-0.1, -0.05) is 30.3 Å². The molecule has 0 saturated carbocycles. The van der Waals surface area contributed by atoms with Crippen molar-refractivity contribution in [3.8, 4) is 0 Å². The molecule has 2 amide bonds. The summed E-state index contributed by atoms with van der Waals surface area (Å²) in [6.45, 7) is 7.65. The topological polar surface area (TPSA) is 85.4 Å². The molecular weight excluding hydrogens is 364 g/mol. The van der Waals surface area contributed by atoms with Crippen LogP contribution in [-0.2, 0) is 25.6 Å². The molecule has 0 N–H and O–H groups in total. The van der Waals surface area contributed by atoms with Crippen molar-refractivity contribution >= 4 is 18.2 Å². The maximum Gasteiger partial charge on any atom is 0.410 e. The van der Waals surface area contributed by atoms with Gasteiger partial charge in [-0.15, -0.1) is 0 Å². The zero-order chi connectivity index (χ0) is 20.7. The molecule has 0 spiro atoms. The van der Waals surface area contributed by atoms with Crippen molar-refractivity contribution < 1.29 is 28.6 Å². The van der Waals surface area contributed by atoms with Crippen LogP contribution < -0.4 is 0 Å². The molecule has 1 aliphatic heterocycles. The van der Waals surface area contributed by atoms with E-state index in [2.05, 4.69) is 0 Å². The largest absolute Gasteiger partial charge is 0.464 e. The number of ether oxygens (including phenoxy) is 3. The molecule has 1 aromatic rings. The van der Waals surface area contributed by atoms with E-state index in [9.17, 15) is 14.4 Å². The molecule has 8 nitrogen and oxygen atoms in total. The second-order valence-electron chi connectivity index (χ2n) is 7.43. The van der Waals surface area contributed by atoms with Gasteiger partial charge in [0.2, 0.25) is 0 Å². The van der Waals surface area contributed by atoms with Gasteiger partial charge in [0.25, 0.3) is 0 Å². The molecule has 1 heterocycles. The molecule has 1 fully saturated rings. The Morgan fingerprint density at radius 1 is 1.04 bits per heavy atom. The Morgan fingerprint density at radius 3 is 2.32 bits per heavy atom. The number of benzene rings is 1. The van der Waals surface area contributed by atoms with E-state index in [1.807, 2.05) is 30.3 Å². The third-order valence-corrected chi connectivity index (χ3v) is 4.03. The zero-order valence-corrected chi connectivity index (χ0v) is 16.8. The normalized spacial score (nSPS) is 17.1. The van der Waals surface area contributed by atoms with Crippen LogP contribution in [0.2, 0.25) is 0 Å². The number of carbonyl (C=O) groups excluding carboxylic acids is 3. The average Bonchev–Trinajstić information content (AvgIpc) is 2.65. The number of carbonyl (C=O) groups is 3. The van der Waals surface area contributed by atoms with Gasteiger partial charge in [-0.3, -0.25) is 4.90 Å². The number of rotatable bonds is 4. The van der Waals surface area contributed by atoms with Crippen molar-refractivity contribution in [3.63, 3.8) is 0 Å². The number of nitrogens with zero attached hydrogens (tertiary/aromatic N) is 2. The first kappa shape index (κ1) is 21.5. The molecule has 0 aromatic heterocycles. The summed E-state index contributed by atoms with van der Waals surface area (Å²) in [6, 6.07) is 8.32. The third-order valence-electron chi connectivity index (χ3n) is 4.03. The minimum absolute atomic E-state index is 0.00577. The monoisotopic (exact) mass is 392 g/mol. The van der Waals surface area contributed by atoms with Crippen LogP contribution in [0, 0.1) is 0 Å². The van der Waals surface area contributed by atoms with E-state index in [0.717, 1.165) is 5.56 Å². The molecule has 1 saturated heterocycles. The second kappa shape index (κ2) is 9.43. The highest BCUT2D eigenvalue weighted by Gasteiger charge is 2.39. The molecule has 0 aliphatic carbocycles. The summed E-state index contributed by atoms with van der Waals surface area (Å²) in [7, 11) is 0. The summed E-state index contributed by atoms with van der Waals surface area (Å²) < 4.78 is 15.8. The van der Waals surface area contributed by atoms with Gasteiger partial charge in [0.05, 0.1) is 13.2 Å². The average molecular weight is 392 g/mol. The predicted molar refractivity (Wildman–Crippen MR) is 102 cm³/mol. The molecule has 1 unspecified atom stereocenters. The Morgan fingerprint density at radius 2 is 1.71 bits per heavy atom. The van der Waals surface area contributed by atoms with Gasteiger partial charge in [-0.05, 0) is 33.3 Å². The standard InChI is InChI=1S/C20H28N2O6/c1-5-26-17(23)16-13-21(18(24)28-20(2,3)4)11-12-22(16)19(25)27-14-15-9-7-6-8-10-15/h6-10,16H,5,11-14H2,1-4H3. The lowest BCUT2D eigenvalue weighted by Gasteiger charge is -2.39. The predicted octanol–water partition coefficient (Wildman–Crippen LogP) is 2.81. The Hall–Kier alpha value is -2.77. The van der Waals surface area contributed by atoms with E-state index >= 15 is 0 Å². The lowest BCUT2D eigenvalue weighted by atomic mass is 10.1. The Bertz CT molecular complexity index is 686. The molecule has 0 radical (unpaired) electrons. The maximum atomic E-state index is 12.6. The first-order valence-electron chi connectivity index (χ1n) is 9.33. The molecule has 8 heteroatoms. The molecular formula is C20H28N2O6. The van der Waals surface area contributed by atoms with Gasteiger partial charge < -0.3 is 19.1 Å². The van der Waals surface area contributed by atoms with Gasteiger partial charge in [0, 0.05) is 13.1 Å². The van der Waals surface area contributed by atoms with E-state index in [-0.39, 0.29) is 32.8 Å². The van der Waals surface area contributed by atoms with Crippen molar-refractivity contribution in [1.82, 2.24) is 9.80 Å². The number of hydrogen-bond donors (Lipinski definition) is 0. The highest BCUT2D eigenvalue weighted by Crippen LogP contribution is 2.17. The lowest BCUT2D eigenvalue weighted by Crippen LogP contribution is -2.60. The number of esters is 1. The Labute approximate surface area is 165 Å². The van der Waals surface area contributed by atoms with Gasteiger partial charge in [0.1, 0.15) is 12.2 Å². The van der Waals surface area contributed by atoms with Crippen molar-refractivity contribution in [3.05, 3.63) is 35.9 Å². The fraction of sp³-hybridized carbons (Fsp3) is 0.550. The Kier molecular flexibility index (Phi) is 7.25. The Balaban J connectivity index is 2.05. The molecule has 28 heavy (non-hydrogen) atoms. The summed E-state index contributed by atoms with van der Waals surface area (Å²) in [6.07, 6.45) is -1.15. The van der Waals surface area contributed by atoms with Crippen molar-refractivity contribution in [2.45, 2.75) is 45.9 Å². The molecule has 1 aliphatic rings. The van der Waals surface area contributed by atoms with Crippen LogP contribution in [0.3, 0.4) is 0 Å². The van der Waals surface area contributed by atoms with Crippen LogP contribution >= 0.6 is 0 Å². The second-order valence-corrected chi connectivity index (χ2v) is 7.43. The molecule has 1 aromatic carbocycles. The van der Waals surface area contributed by atoms with Gasteiger partial charge in [0.15, 0.2) is 6.04 Å². The SMILES string of the molecule is CCOC(=O)C1CN(C(=O)OC(C)(C)C)CCN1C(=O)OCc1ccccc1.